The summed E-state index contributed by atoms with van der Waals surface area (Å²) in [6, 6.07) is 11.5. The van der Waals surface area contributed by atoms with Crippen LogP contribution in [0.2, 0.25) is 0 Å². The highest BCUT2D eigenvalue weighted by atomic mass is 32.1. The van der Waals surface area contributed by atoms with Crippen LogP contribution in [0.4, 0.5) is 0 Å². The van der Waals surface area contributed by atoms with Gasteiger partial charge in [0.1, 0.15) is 10.4 Å². The maximum atomic E-state index is 4.79. The van der Waals surface area contributed by atoms with Gasteiger partial charge in [0.05, 0.1) is 7.05 Å². The predicted molar refractivity (Wildman–Crippen MR) is 118 cm³/mol. The molecule has 27 heavy (non-hydrogen) atoms. The van der Waals surface area contributed by atoms with Gasteiger partial charge in [-0.1, -0.05) is 65.8 Å². The molecule has 0 saturated carbocycles. The van der Waals surface area contributed by atoms with E-state index in [-0.39, 0.29) is 5.41 Å². The van der Waals surface area contributed by atoms with Crippen LogP contribution in [-0.2, 0) is 18.9 Å². The Balaban J connectivity index is 2.01. The lowest BCUT2D eigenvalue weighted by molar-refractivity contribution is -0.683. The van der Waals surface area contributed by atoms with E-state index in [1.54, 1.807) is 0 Å². The fourth-order valence-electron chi connectivity index (χ4n) is 4.16. The third-order valence-corrected chi connectivity index (χ3v) is 6.32. The Morgan fingerprint density at radius 3 is 2.30 bits per heavy atom. The molecule has 0 spiro atoms. The molecule has 2 nitrogen and oxygen atoms in total. The van der Waals surface area contributed by atoms with E-state index in [0.29, 0.717) is 5.41 Å². The lowest BCUT2D eigenvalue weighted by atomic mass is 9.87. The van der Waals surface area contributed by atoms with E-state index in [0.717, 1.165) is 11.9 Å². The van der Waals surface area contributed by atoms with E-state index in [2.05, 4.69) is 83.5 Å². The summed E-state index contributed by atoms with van der Waals surface area (Å²) in [5.74, 6) is 0. The zero-order chi connectivity index (χ0) is 19.6. The molecular weight excluding hydrogens is 348 g/mol. The Bertz CT molecular complexity index is 1170. The number of hydrogen-bond acceptors (Lipinski definition) is 2. The topological polar surface area (TPSA) is 16.8 Å². The van der Waals surface area contributed by atoms with Gasteiger partial charge < -0.3 is 0 Å². The first-order chi connectivity index (χ1) is 12.5. The molecule has 0 aliphatic rings. The molecule has 3 heteroatoms. The van der Waals surface area contributed by atoms with Crippen LogP contribution in [0, 0.1) is 5.41 Å². The minimum Gasteiger partial charge on any atom is -0.235 e. The number of nitrogens with zero attached hydrogens (tertiary/aromatic N) is 2. The smallest absolute Gasteiger partial charge is 0.235 e. The van der Waals surface area contributed by atoms with Crippen molar-refractivity contribution in [3.05, 3.63) is 47.9 Å². The minimum absolute atomic E-state index is 0.0759. The maximum Gasteiger partial charge on any atom is 0.286 e. The molecule has 2 aromatic heterocycles. The van der Waals surface area contributed by atoms with E-state index in [1.165, 1.54) is 36.8 Å². The van der Waals surface area contributed by atoms with Crippen molar-refractivity contribution in [1.29, 1.82) is 0 Å². The molecule has 2 heterocycles. The monoisotopic (exact) mass is 377 g/mol. The second-order valence-electron chi connectivity index (χ2n) is 9.97. The molecule has 0 N–H and O–H groups in total. The lowest BCUT2D eigenvalue weighted by Crippen LogP contribution is -2.39. The summed E-state index contributed by atoms with van der Waals surface area (Å²) in [6.45, 7) is 13.7. The summed E-state index contributed by atoms with van der Waals surface area (Å²) in [6.07, 6.45) is 3.06. The van der Waals surface area contributed by atoms with Gasteiger partial charge in [-0.3, -0.25) is 0 Å². The predicted octanol–water partition coefficient (Wildman–Crippen LogP) is 6.31. The molecule has 0 bridgehead atoms. The SMILES string of the molecule is C[n+]1cnc2c(sc3c4ccc(CC(C)(C)C)cc4ccc23)c1C(C)(C)C. The third-order valence-electron chi connectivity index (χ3n) is 5.08. The van der Waals surface area contributed by atoms with Crippen molar-refractivity contribution in [2.75, 3.05) is 0 Å². The van der Waals surface area contributed by atoms with Crippen LogP contribution in [0.25, 0.3) is 31.1 Å². The molecule has 2 aromatic carbocycles. The van der Waals surface area contributed by atoms with Crippen molar-refractivity contribution in [2.45, 2.75) is 53.4 Å². The first-order valence-electron chi connectivity index (χ1n) is 9.67. The highest BCUT2D eigenvalue weighted by Gasteiger charge is 2.28. The lowest BCUT2D eigenvalue weighted by Gasteiger charge is -2.18. The standard InChI is InChI=1S/C24H29N2S/c1-23(2,3)13-15-8-10-17-16(12-15)9-11-18-19-21(27-20(17)18)22(24(4,5)6)26(7)14-25-19/h8-12,14H,13H2,1-7H3/q+1. The molecular formula is C24H29N2S+. The zero-order valence-electron chi connectivity index (χ0n) is 17.5. The highest BCUT2D eigenvalue weighted by molar-refractivity contribution is 7.26. The number of hydrogen-bond donors (Lipinski definition) is 0. The maximum absolute atomic E-state index is 4.79. The quantitative estimate of drug-likeness (QED) is 0.355. The van der Waals surface area contributed by atoms with Gasteiger partial charge in [-0.15, -0.1) is 11.3 Å². The fraction of sp³-hybridized carbons (Fsp3) is 0.417. The van der Waals surface area contributed by atoms with Crippen LogP contribution in [0.5, 0.6) is 0 Å². The van der Waals surface area contributed by atoms with E-state index < -0.39 is 0 Å². The number of thiophene rings is 1. The van der Waals surface area contributed by atoms with Crippen LogP contribution in [-0.4, -0.2) is 4.98 Å². The second kappa shape index (κ2) is 6.00. The average Bonchev–Trinajstić information content (AvgIpc) is 2.89. The summed E-state index contributed by atoms with van der Waals surface area (Å²) in [7, 11) is 2.11. The summed E-state index contributed by atoms with van der Waals surface area (Å²) in [4.78, 5) is 4.79. The molecule has 0 atom stereocenters. The highest BCUT2D eigenvalue weighted by Crippen LogP contribution is 2.40. The molecule has 0 fully saturated rings. The van der Waals surface area contributed by atoms with Crippen LogP contribution in [0.3, 0.4) is 0 Å². The molecule has 0 unspecified atom stereocenters. The normalized spacial score (nSPS) is 13.1. The van der Waals surface area contributed by atoms with E-state index in [9.17, 15) is 0 Å². The molecule has 0 aliphatic carbocycles. The van der Waals surface area contributed by atoms with Crippen molar-refractivity contribution in [2.24, 2.45) is 12.5 Å². The van der Waals surface area contributed by atoms with Gasteiger partial charge in [-0.2, -0.15) is 0 Å². The fourth-order valence-corrected chi connectivity index (χ4v) is 5.74. The molecule has 0 radical (unpaired) electrons. The first kappa shape index (κ1) is 18.4. The number of rotatable bonds is 1. The third kappa shape index (κ3) is 3.23. The van der Waals surface area contributed by atoms with Gasteiger partial charge in [-0.25, -0.2) is 4.57 Å². The van der Waals surface area contributed by atoms with Crippen LogP contribution >= 0.6 is 11.3 Å². The van der Waals surface area contributed by atoms with Crippen LogP contribution < -0.4 is 4.57 Å². The Morgan fingerprint density at radius 2 is 1.63 bits per heavy atom. The molecule has 4 rings (SSSR count). The largest absolute Gasteiger partial charge is 0.286 e. The van der Waals surface area contributed by atoms with Gasteiger partial charge in [0.2, 0.25) is 5.52 Å². The second-order valence-corrected chi connectivity index (χ2v) is 11.0. The van der Waals surface area contributed by atoms with Gasteiger partial charge in [0.25, 0.3) is 6.33 Å². The van der Waals surface area contributed by atoms with E-state index in [1.807, 2.05) is 17.7 Å². The van der Waals surface area contributed by atoms with Crippen molar-refractivity contribution in [3.63, 3.8) is 0 Å². The Morgan fingerprint density at radius 1 is 0.926 bits per heavy atom. The Hall–Kier alpha value is -2.00. The number of benzene rings is 2. The summed E-state index contributed by atoms with van der Waals surface area (Å²) < 4.78 is 4.85. The number of fused-ring (bicyclic) bond motifs is 5. The van der Waals surface area contributed by atoms with E-state index in [4.69, 9.17) is 4.98 Å². The average molecular weight is 378 g/mol. The molecule has 0 saturated heterocycles. The van der Waals surface area contributed by atoms with Crippen molar-refractivity contribution in [1.82, 2.24) is 4.98 Å². The van der Waals surface area contributed by atoms with Gasteiger partial charge in [-0.05, 0) is 39.2 Å². The van der Waals surface area contributed by atoms with Crippen LogP contribution in [0.15, 0.2) is 36.7 Å². The molecule has 0 amide bonds. The molecule has 4 aromatic rings. The number of aryl methyl sites for hydroxylation is 1. The van der Waals surface area contributed by atoms with E-state index >= 15 is 0 Å². The number of aromatic nitrogens is 2. The van der Waals surface area contributed by atoms with Crippen LogP contribution in [0.1, 0.15) is 52.8 Å². The zero-order valence-corrected chi connectivity index (χ0v) is 18.3. The first-order valence-corrected chi connectivity index (χ1v) is 10.5. The summed E-state index contributed by atoms with van der Waals surface area (Å²) in [5.41, 5.74) is 4.28. The minimum atomic E-state index is 0.0759. The van der Waals surface area contributed by atoms with Crippen molar-refractivity contribution >= 4 is 42.4 Å². The summed E-state index contributed by atoms with van der Waals surface area (Å²) >= 11 is 1.89. The summed E-state index contributed by atoms with van der Waals surface area (Å²) in [5, 5.41) is 3.95. The van der Waals surface area contributed by atoms with Gasteiger partial charge in [0, 0.05) is 15.5 Å². The molecule has 0 aliphatic heterocycles. The molecule has 140 valence electrons. The van der Waals surface area contributed by atoms with Crippen molar-refractivity contribution < 1.29 is 4.57 Å². The van der Waals surface area contributed by atoms with Gasteiger partial charge in [0.15, 0.2) is 0 Å². The Kier molecular flexibility index (Phi) is 4.08. The van der Waals surface area contributed by atoms with Gasteiger partial charge >= 0.3 is 0 Å². The Labute approximate surface area is 165 Å². The van der Waals surface area contributed by atoms with Crippen molar-refractivity contribution in [3.8, 4) is 0 Å².